The number of nitrogens with zero attached hydrogens (tertiary/aromatic N) is 4. The molecule has 0 amide bonds. The lowest BCUT2D eigenvalue weighted by Crippen LogP contribution is -2.31. The van der Waals surface area contributed by atoms with E-state index >= 15 is 0 Å². The first-order valence-corrected chi connectivity index (χ1v) is 6.74. The summed E-state index contributed by atoms with van der Waals surface area (Å²) in [4.78, 5) is 2.53. The van der Waals surface area contributed by atoms with Gasteiger partial charge in [-0.15, -0.1) is 10.2 Å². The SMILES string of the molecule is Cc1ccc2nnc(C3CCCN3C(C)C)n2c1. The zero-order valence-electron chi connectivity index (χ0n) is 11.3. The van der Waals surface area contributed by atoms with Gasteiger partial charge in [-0.2, -0.15) is 0 Å². The molecule has 3 rings (SSSR count). The Hall–Kier alpha value is -1.42. The summed E-state index contributed by atoms with van der Waals surface area (Å²) in [6.45, 7) is 7.79. The molecule has 0 spiro atoms. The minimum Gasteiger partial charge on any atom is -0.291 e. The molecule has 18 heavy (non-hydrogen) atoms. The van der Waals surface area contributed by atoms with Crippen molar-refractivity contribution in [3.05, 3.63) is 29.7 Å². The Kier molecular flexibility index (Phi) is 2.82. The van der Waals surface area contributed by atoms with Gasteiger partial charge in [0.2, 0.25) is 0 Å². The van der Waals surface area contributed by atoms with Gasteiger partial charge >= 0.3 is 0 Å². The molecule has 4 nitrogen and oxygen atoms in total. The number of fused-ring (bicyclic) bond motifs is 1. The van der Waals surface area contributed by atoms with Crippen LogP contribution in [0.1, 0.15) is 44.1 Å². The molecule has 0 aromatic carbocycles. The Labute approximate surface area is 108 Å². The minimum atomic E-state index is 0.418. The number of pyridine rings is 1. The van der Waals surface area contributed by atoms with E-state index in [1.54, 1.807) is 0 Å². The largest absolute Gasteiger partial charge is 0.291 e. The molecule has 0 N–H and O–H groups in total. The van der Waals surface area contributed by atoms with Crippen LogP contribution in [0.2, 0.25) is 0 Å². The van der Waals surface area contributed by atoms with Gasteiger partial charge in [0, 0.05) is 12.2 Å². The number of hydrogen-bond donors (Lipinski definition) is 0. The highest BCUT2D eigenvalue weighted by atomic mass is 15.3. The van der Waals surface area contributed by atoms with Crippen LogP contribution in [0.5, 0.6) is 0 Å². The second-order valence-electron chi connectivity index (χ2n) is 5.48. The molecule has 2 aromatic heterocycles. The molecular formula is C14H20N4. The maximum Gasteiger partial charge on any atom is 0.160 e. The van der Waals surface area contributed by atoms with Gasteiger partial charge < -0.3 is 0 Å². The van der Waals surface area contributed by atoms with Gasteiger partial charge in [0.25, 0.3) is 0 Å². The van der Waals surface area contributed by atoms with Crippen LogP contribution in [0, 0.1) is 6.92 Å². The fourth-order valence-corrected chi connectivity index (χ4v) is 2.93. The standard InChI is InChI=1S/C14H20N4/c1-10(2)17-8-4-5-12(17)14-16-15-13-7-6-11(3)9-18(13)14/h6-7,9-10,12H,4-5,8H2,1-3H3. The van der Waals surface area contributed by atoms with Crippen molar-refractivity contribution in [2.45, 2.75) is 45.7 Å². The molecule has 0 aliphatic carbocycles. The molecule has 1 unspecified atom stereocenters. The summed E-state index contributed by atoms with van der Waals surface area (Å²) in [6, 6.07) is 5.11. The van der Waals surface area contributed by atoms with Gasteiger partial charge in [-0.25, -0.2) is 0 Å². The topological polar surface area (TPSA) is 33.4 Å². The molecule has 0 bridgehead atoms. The molecule has 1 aliphatic rings. The van der Waals surface area contributed by atoms with Crippen molar-refractivity contribution in [3.63, 3.8) is 0 Å². The third kappa shape index (κ3) is 1.81. The lowest BCUT2D eigenvalue weighted by atomic mass is 10.2. The van der Waals surface area contributed by atoms with Crippen molar-refractivity contribution in [1.82, 2.24) is 19.5 Å². The number of likely N-dealkylation sites (tertiary alicyclic amines) is 1. The number of aromatic nitrogens is 3. The molecule has 1 atom stereocenters. The quantitative estimate of drug-likeness (QED) is 0.814. The van der Waals surface area contributed by atoms with Crippen LogP contribution in [0.25, 0.3) is 5.65 Å². The Morgan fingerprint density at radius 3 is 2.89 bits per heavy atom. The van der Waals surface area contributed by atoms with E-state index in [0.29, 0.717) is 12.1 Å². The summed E-state index contributed by atoms with van der Waals surface area (Å²) in [6.07, 6.45) is 4.58. The highest BCUT2D eigenvalue weighted by Crippen LogP contribution is 2.32. The zero-order valence-corrected chi connectivity index (χ0v) is 11.3. The van der Waals surface area contributed by atoms with Gasteiger partial charge in [0.1, 0.15) is 0 Å². The third-order valence-electron chi connectivity index (χ3n) is 3.83. The lowest BCUT2D eigenvalue weighted by Gasteiger charge is -2.26. The van der Waals surface area contributed by atoms with Crippen LogP contribution in [-0.2, 0) is 0 Å². The second kappa shape index (κ2) is 4.35. The third-order valence-corrected chi connectivity index (χ3v) is 3.83. The fourth-order valence-electron chi connectivity index (χ4n) is 2.93. The summed E-state index contributed by atoms with van der Waals surface area (Å²) in [5.74, 6) is 1.10. The van der Waals surface area contributed by atoms with E-state index < -0.39 is 0 Å². The van der Waals surface area contributed by atoms with Gasteiger partial charge in [0.05, 0.1) is 6.04 Å². The van der Waals surface area contributed by atoms with E-state index in [2.05, 4.69) is 52.5 Å². The van der Waals surface area contributed by atoms with Crippen LogP contribution in [0.15, 0.2) is 18.3 Å². The number of rotatable bonds is 2. The first-order chi connectivity index (χ1) is 8.66. The molecule has 0 saturated carbocycles. The average Bonchev–Trinajstić information content (AvgIpc) is 2.92. The van der Waals surface area contributed by atoms with Crippen LogP contribution >= 0.6 is 0 Å². The Bertz CT molecular complexity index is 558. The minimum absolute atomic E-state index is 0.418. The summed E-state index contributed by atoms with van der Waals surface area (Å²) < 4.78 is 2.15. The van der Waals surface area contributed by atoms with E-state index in [9.17, 15) is 0 Å². The molecule has 0 radical (unpaired) electrons. The molecule has 96 valence electrons. The van der Waals surface area contributed by atoms with Crippen LogP contribution < -0.4 is 0 Å². The highest BCUT2D eigenvalue weighted by Gasteiger charge is 2.31. The molecule has 1 saturated heterocycles. The lowest BCUT2D eigenvalue weighted by molar-refractivity contribution is 0.197. The summed E-state index contributed by atoms with van der Waals surface area (Å²) in [7, 11) is 0. The second-order valence-corrected chi connectivity index (χ2v) is 5.48. The Balaban J connectivity index is 2.06. The maximum atomic E-state index is 4.42. The van der Waals surface area contributed by atoms with Crippen LogP contribution in [0.4, 0.5) is 0 Å². The van der Waals surface area contributed by atoms with E-state index in [4.69, 9.17) is 0 Å². The Morgan fingerprint density at radius 2 is 2.11 bits per heavy atom. The number of hydrogen-bond acceptors (Lipinski definition) is 3. The Morgan fingerprint density at radius 1 is 1.28 bits per heavy atom. The molecule has 2 aromatic rings. The van der Waals surface area contributed by atoms with Gasteiger partial charge in [-0.3, -0.25) is 9.30 Å². The van der Waals surface area contributed by atoms with Gasteiger partial charge in [-0.1, -0.05) is 6.07 Å². The van der Waals surface area contributed by atoms with Crippen LogP contribution in [-0.4, -0.2) is 32.1 Å². The average molecular weight is 244 g/mol. The predicted molar refractivity (Wildman–Crippen MR) is 71.5 cm³/mol. The molecular weight excluding hydrogens is 224 g/mol. The van der Waals surface area contributed by atoms with Gasteiger partial charge in [0.15, 0.2) is 11.5 Å². The van der Waals surface area contributed by atoms with E-state index in [1.165, 1.54) is 24.9 Å². The summed E-state index contributed by atoms with van der Waals surface area (Å²) >= 11 is 0. The van der Waals surface area contributed by atoms with E-state index in [1.807, 2.05) is 6.07 Å². The van der Waals surface area contributed by atoms with E-state index in [-0.39, 0.29) is 0 Å². The smallest absolute Gasteiger partial charge is 0.160 e. The summed E-state index contributed by atoms with van der Waals surface area (Å²) in [5, 5.41) is 8.71. The first kappa shape index (κ1) is 11.7. The van der Waals surface area contributed by atoms with Crippen LogP contribution in [0.3, 0.4) is 0 Å². The van der Waals surface area contributed by atoms with Crippen molar-refractivity contribution in [2.75, 3.05) is 6.54 Å². The number of aryl methyl sites for hydroxylation is 1. The molecule has 4 heteroatoms. The van der Waals surface area contributed by atoms with Gasteiger partial charge in [-0.05, 0) is 51.8 Å². The molecule has 3 heterocycles. The highest BCUT2D eigenvalue weighted by molar-refractivity contribution is 5.39. The van der Waals surface area contributed by atoms with E-state index in [0.717, 1.165) is 11.5 Å². The van der Waals surface area contributed by atoms with Crippen molar-refractivity contribution in [2.24, 2.45) is 0 Å². The van der Waals surface area contributed by atoms with Crippen molar-refractivity contribution in [1.29, 1.82) is 0 Å². The van der Waals surface area contributed by atoms with Crippen molar-refractivity contribution < 1.29 is 0 Å². The monoisotopic (exact) mass is 244 g/mol. The zero-order chi connectivity index (χ0) is 12.7. The molecule has 1 fully saturated rings. The summed E-state index contributed by atoms with van der Waals surface area (Å²) in [5.41, 5.74) is 2.20. The van der Waals surface area contributed by atoms with Crippen molar-refractivity contribution >= 4 is 5.65 Å². The predicted octanol–water partition coefficient (Wildman–Crippen LogP) is 2.58. The maximum absolute atomic E-state index is 4.42. The fraction of sp³-hybridized carbons (Fsp3) is 0.571. The molecule has 1 aliphatic heterocycles. The van der Waals surface area contributed by atoms with Crippen molar-refractivity contribution in [3.8, 4) is 0 Å². The first-order valence-electron chi connectivity index (χ1n) is 6.74. The normalized spacial score (nSPS) is 21.2.